The fourth-order valence-electron chi connectivity index (χ4n) is 3.41. The first-order valence-corrected chi connectivity index (χ1v) is 10.3. The minimum atomic E-state index is -0.213. The van der Waals surface area contributed by atoms with Crippen molar-refractivity contribution in [1.29, 1.82) is 0 Å². The molecule has 1 heterocycles. The van der Waals surface area contributed by atoms with Crippen molar-refractivity contribution in [1.82, 2.24) is 0 Å². The van der Waals surface area contributed by atoms with Crippen molar-refractivity contribution < 1.29 is 23.5 Å². The van der Waals surface area contributed by atoms with Gasteiger partial charge in [-0.15, -0.1) is 0 Å². The van der Waals surface area contributed by atoms with Crippen LogP contribution >= 0.6 is 0 Å². The number of hydrogen-bond donors (Lipinski definition) is 0. The lowest BCUT2D eigenvalue weighted by molar-refractivity contribution is -0.919. The monoisotopic (exact) mass is 378 g/mol. The molecule has 5 heteroatoms. The molecule has 1 aliphatic rings. The SMILES string of the molecule is CCCCCCC(=O)OC(COCc1ccccc1)C[N+]1(C)CCOCC1. The molecule has 2 rings (SSSR count). The van der Waals surface area contributed by atoms with E-state index in [1.54, 1.807) is 0 Å². The van der Waals surface area contributed by atoms with Crippen LogP contribution in [0.25, 0.3) is 0 Å². The second kappa shape index (κ2) is 12.1. The molecule has 1 fully saturated rings. The molecule has 152 valence electrons. The first-order valence-electron chi connectivity index (χ1n) is 10.3. The molecule has 0 aliphatic carbocycles. The Hall–Kier alpha value is -1.43. The number of carbonyl (C=O) groups is 1. The highest BCUT2D eigenvalue weighted by molar-refractivity contribution is 5.69. The molecular formula is C22H36NO4+. The molecule has 1 aromatic rings. The Balaban J connectivity index is 1.83. The Kier molecular flexibility index (Phi) is 9.81. The highest BCUT2D eigenvalue weighted by atomic mass is 16.6. The molecule has 1 aliphatic heterocycles. The maximum atomic E-state index is 12.3. The lowest BCUT2D eigenvalue weighted by Crippen LogP contribution is -2.56. The maximum absolute atomic E-state index is 12.3. The first kappa shape index (κ1) is 21.9. The lowest BCUT2D eigenvalue weighted by atomic mass is 10.1. The second-order valence-electron chi connectivity index (χ2n) is 7.78. The van der Waals surface area contributed by atoms with Gasteiger partial charge in [-0.3, -0.25) is 4.79 Å². The second-order valence-corrected chi connectivity index (χ2v) is 7.78. The predicted molar refractivity (Wildman–Crippen MR) is 106 cm³/mol. The van der Waals surface area contributed by atoms with Crippen LogP contribution in [0.1, 0.15) is 44.6 Å². The van der Waals surface area contributed by atoms with Crippen LogP contribution in [0.5, 0.6) is 0 Å². The van der Waals surface area contributed by atoms with E-state index in [-0.39, 0.29) is 12.1 Å². The van der Waals surface area contributed by atoms with Crippen LogP contribution in [-0.4, -0.2) is 63.1 Å². The maximum Gasteiger partial charge on any atom is 0.306 e. The summed E-state index contributed by atoms with van der Waals surface area (Å²) in [5.74, 6) is -0.0979. The summed E-state index contributed by atoms with van der Waals surface area (Å²) < 4.78 is 18.1. The first-order chi connectivity index (χ1) is 13.1. The molecule has 1 unspecified atom stereocenters. The van der Waals surface area contributed by atoms with Crippen LogP contribution in [-0.2, 0) is 25.6 Å². The Bertz CT molecular complexity index is 528. The summed E-state index contributed by atoms with van der Waals surface area (Å²) in [6.45, 7) is 7.34. The molecule has 0 radical (unpaired) electrons. The molecule has 0 spiro atoms. The van der Waals surface area contributed by atoms with Gasteiger partial charge in [0.15, 0.2) is 6.10 Å². The third-order valence-electron chi connectivity index (χ3n) is 5.14. The van der Waals surface area contributed by atoms with Crippen molar-refractivity contribution in [2.75, 3.05) is 46.5 Å². The molecule has 0 saturated carbocycles. The van der Waals surface area contributed by atoms with E-state index in [1.165, 1.54) is 12.8 Å². The van der Waals surface area contributed by atoms with Crippen molar-refractivity contribution in [3.63, 3.8) is 0 Å². The quantitative estimate of drug-likeness (QED) is 0.317. The summed E-state index contributed by atoms with van der Waals surface area (Å²) in [5, 5.41) is 0. The summed E-state index contributed by atoms with van der Waals surface area (Å²) in [5.41, 5.74) is 1.13. The summed E-state index contributed by atoms with van der Waals surface area (Å²) in [6.07, 6.45) is 4.63. The topological polar surface area (TPSA) is 44.8 Å². The zero-order valence-corrected chi connectivity index (χ0v) is 17.0. The lowest BCUT2D eigenvalue weighted by Gasteiger charge is -2.39. The van der Waals surface area contributed by atoms with Gasteiger partial charge < -0.3 is 18.7 Å². The van der Waals surface area contributed by atoms with Crippen LogP contribution in [0.2, 0.25) is 0 Å². The molecule has 0 bridgehead atoms. The molecule has 0 aromatic heterocycles. The van der Waals surface area contributed by atoms with E-state index in [1.807, 2.05) is 30.3 Å². The van der Waals surface area contributed by atoms with E-state index in [2.05, 4.69) is 14.0 Å². The Morgan fingerprint density at radius 3 is 2.59 bits per heavy atom. The van der Waals surface area contributed by atoms with Gasteiger partial charge in [0.2, 0.25) is 0 Å². The van der Waals surface area contributed by atoms with Crippen molar-refractivity contribution in [3.8, 4) is 0 Å². The van der Waals surface area contributed by atoms with Gasteiger partial charge in [-0.1, -0.05) is 56.5 Å². The number of hydrogen-bond acceptors (Lipinski definition) is 4. The van der Waals surface area contributed by atoms with Gasteiger partial charge in [-0.2, -0.15) is 0 Å². The van der Waals surface area contributed by atoms with Gasteiger partial charge in [0.05, 0.1) is 33.5 Å². The highest BCUT2D eigenvalue weighted by Crippen LogP contribution is 2.13. The molecule has 27 heavy (non-hydrogen) atoms. The summed E-state index contributed by atoms with van der Waals surface area (Å²) in [6, 6.07) is 10.1. The molecule has 0 N–H and O–H groups in total. The molecule has 1 aromatic carbocycles. The largest absolute Gasteiger partial charge is 0.454 e. The molecule has 1 saturated heterocycles. The minimum absolute atomic E-state index is 0.0979. The number of unbranched alkanes of at least 4 members (excludes halogenated alkanes) is 3. The number of ether oxygens (including phenoxy) is 3. The molecule has 1 atom stereocenters. The standard InChI is InChI=1S/C22H36NO4/c1-3-4-5-9-12-22(24)27-21(17-23(2)13-15-25-16-14-23)19-26-18-20-10-7-6-8-11-20/h6-8,10-11,21H,3-5,9,12-19H2,1-2H3/q+1. The minimum Gasteiger partial charge on any atom is -0.454 e. The normalized spacial score (nSPS) is 17.4. The van der Waals surface area contributed by atoms with Crippen molar-refractivity contribution >= 4 is 5.97 Å². The van der Waals surface area contributed by atoms with Gasteiger partial charge in [0, 0.05) is 6.42 Å². The number of nitrogens with zero attached hydrogens (tertiary/aromatic N) is 1. The Morgan fingerprint density at radius 1 is 1.15 bits per heavy atom. The Labute approximate surface area is 164 Å². The van der Waals surface area contributed by atoms with Crippen LogP contribution in [0.15, 0.2) is 30.3 Å². The van der Waals surface area contributed by atoms with Gasteiger partial charge in [0.25, 0.3) is 0 Å². The number of morpholine rings is 1. The van der Waals surface area contributed by atoms with Gasteiger partial charge in [0.1, 0.15) is 19.6 Å². The van der Waals surface area contributed by atoms with E-state index in [0.717, 1.165) is 55.7 Å². The Morgan fingerprint density at radius 2 is 1.89 bits per heavy atom. The van der Waals surface area contributed by atoms with E-state index in [0.29, 0.717) is 19.6 Å². The summed E-state index contributed by atoms with van der Waals surface area (Å²) in [7, 11) is 2.21. The number of likely N-dealkylation sites (N-methyl/N-ethyl adjacent to an activating group) is 1. The number of quaternary nitrogens is 1. The van der Waals surface area contributed by atoms with Crippen LogP contribution in [0.3, 0.4) is 0 Å². The predicted octanol–water partition coefficient (Wildman–Crippen LogP) is 3.56. The average molecular weight is 379 g/mol. The van der Waals surface area contributed by atoms with E-state index >= 15 is 0 Å². The smallest absolute Gasteiger partial charge is 0.306 e. The highest BCUT2D eigenvalue weighted by Gasteiger charge is 2.31. The molecule has 0 amide bonds. The van der Waals surface area contributed by atoms with Crippen molar-refractivity contribution in [2.45, 2.75) is 51.7 Å². The van der Waals surface area contributed by atoms with E-state index in [4.69, 9.17) is 14.2 Å². The number of rotatable bonds is 12. The van der Waals surface area contributed by atoms with Crippen LogP contribution < -0.4 is 0 Å². The van der Waals surface area contributed by atoms with Crippen LogP contribution in [0.4, 0.5) is 0 Å². The fraction of sp³-hybridized carbons (Fsp3) is 0.682. The van der Waals surface area contributed by atoms with Gasteiger partial charge in [-0.05, 0) is 12.0 Å². The van der Waals surface area contributed by atoms with Crippen molar-refractivity contribution in [2.24, 2.45) is 0 Å². The van der Waals surface area contributed by atoms with Gasteiger partial charge in [-0.25, -0.2) is 0 Å². The van der Waals surface area contributed by atoms with E-state index < -0.39 is 0 Å². The summed E-state index contributed by atoms with van der Waals surface area (Å²) >= 11 is 0. The zero-order chi connectivity index (χ0) is 19.4. The number of benzene rings is 1. The summed E-state index contributed by atoms with van der Waals surface area (Å²) in [4.78, 5) is 12.3. The number of esters is 1. The van der Waals surface area contributed by atoms with Crippen LogP contribution in [0, 0.1) is 0 Å². The molecule has 5 nitrogen and oxygen atoms in total. The third-order valence-corrected chi connectivity index (χ3v) is 5.14. The third kappa shape index (κ3) is 8.87. The fourth-order valence-corrected chi connectivity index (χ4v) is 3.41. The zero-order valence-electron chi connectivity index (χ0n) is 17.0. The average Bonchev–Trinajstić information content (AvgIpc) is 2.66. The van der Waals surface area contributed by atoms with Gasteiger partial charge >= 0.3 is 5.97 Å². The van der Waals surface area contributed by atoms with E-state index in [9.17, 15) is 4.79 Å². The number of carbonyl (C=O) groups excluding carboxylic acids is 1. The van der Waals surface area contributed by atoms with Crippen molar-refractivity contribution in [3.05, 3.63) is 35.9 Å². The molecular weight excluding hydrogens is 342 g/mol.